The van der Waals surface area contributed by atoms with Gasteiger partial charge in [-0.1, -0.05) is 66.6 Å². The molecular formula is C27H29N3O. The molecule has 158 valence electrons. The molecule has 0 aliphatic heterocycles. The van der Waals surface area contributed by atoms with Gasteiger partial charge < -0.3 is 9.88 Å². The van der Waals surface area contributed by atoms with E-state index in [9.17, 15) is 4.79 Å². The smallest absolute Gasteiger partial charge is 0.251 e. The van der Waals surface area contributed by atoms with Crippen LogP contribution in [0.15, 0.2) is 78.9 Å². The second-order valence-corrected chi connectivity index (χ2v) is 8.02. The van der Waals surface area contributed by atoms with E-state index in [1.807, 2.05) is 43.3 Å². The van der Waals surface area contributed by atoms with Crippen molar-refractivity contribution in [2.75, 3.05) is 6.54 Å². The summed E-state index contributed by atoms with van der Waals surface area (Å²) in [5.74, 6) is 1.14. The van der Waals surface area contributed by atoms with Crippen LogP contribution in [-0.2, 0) is 13.0 Å². The largest absolute Gasteiger partial charge is 0.352 e. The first-order valence-electron chi connectivity index (χ1n) is 11.0. The van der Waals surface area contributed by atoms with E-state index in [4.69, 9.17) is 4.98 Å². The zero-order valence-corrected chi connectivity index (χ0v) is 18.1. The van der Waals surface area contributed by atoms with Crippen molar-refractivity contribution in [3.63, 3.8) is 0 Å². The van der Waals surface area contributed by atoms with Gasteiger partial charge >= 0.3 is 0 Å². The molecular weight excluding hydrogens is 382 g/mol. The molecule has 0 aliphatic carbocycles. The number of fused-ring (bicyclic) bond motifs is 1. The summed E-state index contributed by atoms with van der Waals surface area (Å²) in [5, 5.41) is 3.02. The number of aromatic nitrogens is 2. The third kappa shape index (κ3) is 5.40. The lowest BCUT2D eigenvalue weighted by Gasteiger charge is -2.10. The number of para-hydroxylation sites is 2. The van der Waals surface area contributed by atoms with Gasteiger partial charge in [0.25, 0.3) is 5.91 Å². The van der Waals surface area contributed by atoms with Crippen molar-refractivity contribution < 1.29 is 4.79 Å². The molecule has 0 fully saturated rings. The number of benzene rings is 3. The molecule has 0 spiro atoms. The Labute approximate surface area is 183 Å². The predicted molar refractivity (Wildman–Crippen MR) is 126 cm³/mol. The molecule has 0 aliphatic rings. The number of unbranched alkanes of at least 4 members (excludes halogenated alkanes) is 2. The summed E-state index contributed by atoms with van der Waals surface area (Å²) in [7, 11) is 0. The van der Waals surface area contributed by atoms with Crippen LogP contribution in [0.1, 0.15) is 46.6 Å². The fraction of sp³-hybridized carbons (Fsp3) is 0.259. The highest BCUT2D eigenvalue weighted by Gasteiger charge is 2.11. The van der Waals surface area contributed by atoms with Crippen LogP contribution in [0.25, 0.3) is 11.0 Å². The number of nitrogens with one attached hydrogen (secondary N) is 1. The van der Waals surface area contributed by atoms with Crippen molar-refractivity contribution in [1.82, 2.24) is 14.9 Å². The number of carbonyl (C=O) groups excluding carboxylic acids is 1. The minimum atomic E-state index is 0.00431. The standard InChI is InChI=1S/C27H29N3O/c1-21-15-17-23(18-16-21)27(31)28-19-9-3-6-14-26-29-24-12-7-8-13-25(24)30(26)20-22-10-4-2-5-11-22/h2,4-5,7-8,10-13,15-18H,3,6,9,14,19-20H2,1H3,(H,28,31). The SMILES string of the molecule is Cc1ccc(C(=O)NCCCCCc2nc3ccccc3n2Cc2ccccc2)cc1. The first kappa shape index (κ1) is 20.9. The van der Waals surface area contributed by atoms with Gasteiger partial charge in [0.15, 0.2) is 0 Å². The Morgan fingerprint density at radius 3 is 2.42 bits per heavy atom. The molecule has 0 atom stereocenters. The second kappa shape index (κ2) is 10.1. The van der Waals surface area contributed by atoms with Crippen LogP contribution in [0.3, 0.4) is 0 Å². The van der Waals surface area contributed by atoms with Gasteiger partial charge in [-0.3, -0.25) is 4.79 Å². The molecule has 1 N–H and O–H groups in total. The van der Waals surface area contributed by atoms with Crippen molar-refractivity contribution in [2.45, 2.75) is 39.2 Å². The molecule has 1 heterocycles. The molecule has 4 heteroatoms. The lowest BCUT2D eigenvalue weighted by molar-refractivity contribution is 0.0953. The minimum Gasteiger partial charge on any atom is -0.352 e. The van der Waals surface area contributed by atoms with E-state index in [2.05, 4.69) is 52.3 Å². The summed E-state index contributed by atoms with van der Waals surface area (Å²) in [6.45, 7) is 3.56. The summed E-state index contributed by atoms with van der Waals surface area (Å²) in [6, 6.07) is 26.6. The van der Waals surface area contributed by atoms with Gasteiger partial charge in [-0.15, -0.1) is 0 Å². The van der Waals surface area contributed by atoms with Gasteiger partial charge in [-0.05, 0) is 49.6 Å². The van der Waals surface area contributed by atoms with Crippen molar-refractivity contribution in [3.05, 3.63) is 101 Å². The fourth-order valence-corrected chi connectivity index (χ4v) is 3.85. The first-order valence-corrected chi connectivity index (χ1v) is 11.0. The zero-order valence-electron chi connectivity index (χ0n) is 18.1. The number of hydrogen-bond acceptors (Lipinski definition) is 2. The van der Waals surface area contributed by atoms with E-state index < -0.39 is 0 Å². The fourth-order valence-electron chi connectivity index (χ4n) is 3.85. The lowest BCUT2D eigenvalue weighted by Crippen LogP contribution is -2.24. The summed E-state index contributed by atoms with van der Waals surface area (Å²) < 4.78 is 2.34. The van der Waals surface area contributed by atoms with Gasteiger partial charge in [0.1, 0.15) is 5.82 Å². The van der Waals surface area contributed by atoms with E-state index in [-0.39, 0.29) is 5.91 Å². The number of imidazole rings is 1. The van der Waals surface area contributed by atoms with Crippen LogP contribution in [0.4, 0.5) is 0 Å². The molecule has 3 aromatic carbocycles. The third-order valence-corrected chi connectivity index (χ3v) is 5.59. The average molecular weight is 412 g/mol. The molecule has 4 rings (SSSR count). The monoisotopic (exact) mass is 411 g/mol. The van der Waals surface area contributed by atoms with E-state index in [0.717, 1.165) is 54.7 Å². The highest BCUT2D eigenvalue weighted by molar-refractivity contribution is 5.94. The van der Waals surface area contributed by atoms with Crippen molar-refractivity contribution in [3.8, 4) is 0 Å². The number of aryl methyl sites for hydroxylation is 2. The number of nitrogens with zero attached hydrogens (tertiary/aromatic N) is 2. The van der Waals surface area contributed by atoms with Gasteiger partial charge in [-0.25, -0.2) is 4.98 Å². The van der Waals surface area contributed by atoms with Gasteiger partial charge in [0.2, 0.25) is 0 Å². The van der Waals surface area contributed by atoms with Crippen LogP contribution in [0.5, 0.6) is 0 Å². The van der Waals surface area contributed by atoms with E-state index in [0.29, 0.717) is 6.54 Å². The molecule has 0 saturated carbocycles. The molecule has 1 aromatic heterocycles. The maximum absolute atomic E-state index is 12.2. The lowest BCUT2D eigenvalue weighted by atomic mass is 10.1. The van der Waals surface area contributed by atoms with Gasteiger partial charge in [0, 0.05) is 25.1 Å². The van der Waals surface area contributed by atoms with Crippen molar-refractivity contribution in [1.29, 1.82) is 0 Å². The second-order valence-electron chi connectivity index (χ2n) is 8.02. The molecule has 0 bridgehead atoms. The molecule has 0 unspecified atom stereocenters. The van der Waals surface area contributed by atoms with Crippen molar-refractivity contribution in [2.24, 2.45) is 0 Å². The number of rotatable bonds is 9. The Morgan fingerprint density at radius 1 is 0.871 bits per heavy atom. The Hall–Kier alpha value is -3.40. The van der Waals surface area contributed by atoms with Crippen LogP contribution < -0.4 is 5.32 Å². The molecule has 4 aromatic rings. The number of hydrogen-bond donors (Lipinski definition) is 1. The van der Waals surface area contributed by atoms with Crippen LogP contribution in [-0.4, -0.2) is 22.0 Å². The highest BCUT2D eigenvalue weighted by Crippen LogP contribution is 2.19. The Bertz CT molecular complexity index is 1130. The van der Waals surface area contributed by atoms with E-state index >= 15 is 0 Å². The van der Waals surface area contributed by atoms with E-state index in [1.165, 1.54) is 11.1 Å². The van der Waals surface area contributed by atoms with E-state index in [1.54, 1.807) is 0 Å². The molecule has 0 radical (unpaired) electrons. The predicted octanol–water partition coefficient (Wildman–Crippen LogP) is 5.54. The first-order chi connectivity index (χ1) is 15.2. The Balaban J connectivity index is 1.30. The topological polar surface area (TPSA) is 46.9 Å². The summed E-state index contributed by atoms with van der Waals surface area (Å²) in [4.78, 5) is 17.1. The normalized spacial score (nSPS) is 11.0. The molecule has 0 saturated heterocycles. The van der Waals surface area contributed by atoms with Crippen LogP contribution >= 0.6 is 0 Å². The number of amides is 1. The third-order valence-electron chi connectivity index (χ3n) is 5.59. The maximum Gasteiger partial charge on any atom is 0.251 e. The van der Waals surface area contributed by atoms with Gasteiger partial charge in [0.05, 0.1) is 11.0 Å². The summed E-state index contributed by atoms with van der Waals surface area (Å²) >= 11 is 0. The molecule has 1 amide bonds. The average Bonchev–Trinajstić information content (AvgIpc) is 3.14. The summed E-state index contributed by atoms with van der Waals surface area (Å²) in [5.41, 5.74) is 5.41. The minimum absolute atomic E-state index is 0.00431. The van der Waals surface area contributed by atoms with Crippen LogP contribution in [0.2, 0.25) is 0 Å². The Kier molecular flexibility index (Phi) is 6.78. The molecule has 31 heavy (non-hydrogen) atoms. The highest BCUT2D eigenvalue weighted by atomic mass is 16.1. The number of carbonyl (C=O) groups is 1. The molecule has 4 nitrogen and oxygen atoms in total. The Morgan fingerprint density at radius 2 is 1.61 bits per heavy atom. The van der Waals surface area contributed by atoms with Crippen molar-refractivity contribution >= 4 is 16.9 Å². The van der Waals surface area contributed by atoms with Crippen LogP contribution in [0, 0.1) is 6.92 Å². The zero-order chi connectivity index (χ0) is 21.5. The maximum atomic E-state index is 12.2. The van der Waals surface area contributed by atoms with Gasteiger partial charge in [-0.2, -0.15) is 0 Å². The summed E-state index contributed by atoms with van der Waals surface area (Å²) in [6.07, 6.45) is 4.02. The quantitative estimate of drug-likeness (QED) is 0.368.